The molecule has 1 fully saturated rings. The van der Waals surface area contributed by atoms with Crippen molar-refractivity contribution in [1.29, 1.82) is 0 Å². The summed E-state index contributed by atoms with van der Waals surface area (Å²) in [5.74, 6) is 0.818. The molecular formula is C17H21NO2. The molecule has 1 aliphatic rings. The predicted octanol–water partition coefficient (Wildman–Crippen LogP) is 2.72. The van der Waals surface area contributed by atoms with Gasteiger partial charge in [0.1, 0.15) is 18.5 Å². The Bertz CT molecular complexity index is 564. The third kappa shape index (κ3) is 3.11. The van der Waals surface area contributed by atoms with E-state index in [1.807, 2.05) is 24.3 Å². The van der Waals surface area contributed by atoms with Crippen LogP contribution in [0.15, 0.2) is 42.5 Å². The van der Waals surface area contributed by atoms with Gasteiger partial charge >= 0.3 is 0 Å². The zero-order valence-electron chi connectivity index (χ0n) is 11.6. The van der Waals surface area contributed by atoms with Crippen molar-refractivity contribution in [3.63, 3.8) is 0 Å². The number of rotatable bonds is 4. The van der Waals surface area contributed by atoms with Crippen molar-refractivity contribution in [2.45, 2.75) is 31.4 Å². The first-order valence-corrected chi connectivity index (χ1v) is 7.36. The van der Waals surface area contributed by atoms with E-state index in [0.717, 1.165) is 24.1 Å². The lowest BCUT2D eigenvalue weighted by Gasteiger charge is -2.27. The van der Waals surface area contributed by atoms with E-state index < -0.39 is 6.10 Å². The Labute approximate surface area is 119 Å². The van der Waals surface area contributed by atoms with Gasteiger partial charge in [0.25, 0.3) is 0 Å². The van der Waals surface area contributed by atoms with Crippen LogP contribution in [0.3, 0.4) is 0 Å². The fourth-order valence-electron chi connectivity index (χ4n) is 2.76. The van der Waals surface area contributed by atoms with E-state index >= 15 is 0 Å². The molecule has 0 amide bonds. The number of hydrogen-bond donors (Lipinski definition) is 2. The van der Waals surface area contributed by atoms with Gasteiger partial charge in [0.05, 0.1) is 0 Å². The van der Waals surface area contributed by atoms with Gasteiger partial charge in [-0.3, -0.25) is 0 Å². The van der Waals surface area contributed by atoms with Gasteiger partial charge in [-0.2, -0.15) is 0 Å². The lowest BCUT2D eigenvalue weighted by molar-refractivity contribution is 0.0640. The number of aliphatic hydroxyl groups excluding tert-OH is 1. The van der Waals surface area contributed by atoms with Crippen LogP contribution < -0.4 is 10.1 Å². The minimum absolute atomic E-state index is 0.171. The standard InChI is InChI=1S/C17H21NO2/c19-17(16-7-3-4-10-18-16)12-20-15-9-8-13-5-1-2-6-14(13)11-15/h1-2,5-6,8-9,11,16-19H,3-4,7,10,12H2/t16-,17+/m1/s1. The second-order valence-corrected chi connectivity index (χ2v) is 5.44. The Hall–Kier alpha value is -1.58. The summed E-state index contributed by atoms with van der Waals surface area (Å²) in [5.41, 5.74) is 0. The molecule has 2 atom stereocenters. The number of fused-ring (bicyclic) bond motifs is 1. The summed E-state index contributed by atoms with van der Waals surface area (Å²) < 4.78 is 5.74. The molecule has 0 spiro atoms. The maximum absolute atomic E-state index is 10.2. The van der Waals surface area contributed by atoms with Gasteiger partial charge in [-0.15, -0.1) is 0 Å². The zero-order valence-corrected chi connectivity index (χ0v) is 11.6. The summed E-state index contributed by atoms with van der Waals surface area (Å²) >= 11 is 0. The molecule has 2 aromatic carbocycles. The molecular weight excluding hydrogens is 250 g/mol. The molecule has 0 bridgehead atoms. The molecule has 106 valence electrons. The maximum Gasteiger partial charge on any atom is 0.120 e. The Morgan fingerprint density at radius 2 is 2.00 bits per heavy atom. The fraction of sp³-hybridized carbons (Fsp3) is 0.412. The SMILES string of the molecule is O[C@@H](COc1ccc2ccccc2c1)[C@H]1CCCCN1. The van der Waals surface area contributed by atoms with Crippen LogP contribution in [0.4, 0.5) is 0 Å². The number of ether oxygens (including phenoxy) is 1. The number of hydrogen-bond acceptors (Lipinski definition) is 3. The summed E-state index contributed by atoms with van der Waals surface area (Å²) in [6.07, 6.45) is 2.98. The highest BCUT2D eigenvalue weighted by Crippen LogP contribution is 2.21. The van der Waals surface area contributed by atoms with Crippen LogP contribution in [-0.4, -0.2) is 30.4 Å². The van der Waals surface area contributed by atoms with Gasteiger partial charge < -0.3 is 15.2 Å². The minimum Gasteiger partial charge on any atom is -0.491 e. The van der Waals surface area contributed by atoms with Crippen LogP contribution in [0.1, 0.15) is 19.3 Å². The number of piperidine rings is 1. The maximum atomic E-state index is 10.2. The fourth-order valence-corrected chi connectivity index (χ4v) is 2.76. The summed E-state index contributed by atoms with van der Waals surface area (Å²) in [7, 11) is 0. The van der Waals surface area contributed by atoms with E-state index in [-0.39, 0.29) is 6.04 Å². The molecule has 2 N–H and O–H groups in total. The number of benzene rings is 2. The molecule has 3 rings (SSSR count). The average molecular weight is 271 g/mol. The minimum atomic E-state index is -0.443. The summed E-state index contributed by atoms with van der Waals surface area (Å²) in [5, 5.41) is 15.9. The molecule has 20 heavy (non-hydrogen) atoms. The molecule has 3 nitrogen and oxygen atoms in total. The predicted molar refractivity (Wildman–Crippen MR) is 81.1 cm³/mol. The van der Waals surface area contributed by atoms with Crippen molar-refractivity contribution in [1.82, 2.24) is 5.32 Å². The van der Waals surface area contributed by atoms with Crippen molar-refractivity contribution in [2.24, 2.45) is 0 Å². The van der Waals surface area contributed by atoms with Crippen LogP contribution in [0.5, 0.6) is 5.75 Å². The van der Waals surface area contributed by atoms with Crippen LogP contribution in [0, 0.1) is 0 Å². The third-order valence-electron chi connectivity index (χ3n) is 3.95. The van der Waals surface area contributed by atoms with Crippen LogP contribution >= 0.6 is 0 Å². The Kier molecular flexibility index (Phi) is 4.19. The first-order valence-electron chi connectivity index (χ1n) is 7.36. The quantitative estimate of drug-likeness (QED) is 0.898. The topological polar surface area (TPSA) is 41.5 Å². The molecule has 0 saturated carbocycles. The van der Waals surface area contributed by atoms with Gasteiger partial charge in [-0.05, 0) is 42.3 Å². The lowest BCUT2D eigenvalue weighted by atomic mass is 10.0. The molecule has 1 aliphatic heterocycles. The largest absolute Gasteiger partial charge is 0.491 e. The second-order valence-electron chi connectivity index (χ2n) is 5.44. The van der Waals surface area contributed by atoms with E-state index in [9.17, 15) is 5.11 Å². The molecule has 2 aromatic rings. The summed E-state index contributed by atoms with van der Waals surface area (Å²) in [6, 6.07) is 14.4. The number of aliphatic hydroxyl groups is 1. The smallest absolute Gasteiger partial charge is 0.120 e. The van der Waals surface area contributed by atoms with Crippen LogP contribution in [0.2, 0.25) is 0 Å². The highest BCUT2D eigenvalue weighted by atomic mass is 16.5. The van der Waals surface area contributed by atoms with Gasteiger partial charge in [-0.25, -0.2) is 0 Å². The lowest BCUT2D eigenvalue weighted by Crippen LogP contribution is -2.45. The summed E-state index contributed by atoms with van der Waals surface area (Å²) in [4.78, 5) is 0. The highest BCUT2D eigenvalue weighted by molar-refractivity contribution is 5.83. The van der Waals surface area contributed by atoms with Gasteiger partial charge in [0, 0.05) is 6.04 Å². The van der Waals surface area contributed by atoms with E-state index in [2.05, 4.69) is 23.5 Å². The van der Waals surface area contributed by atoms with Crippen molar-refractivity contribution in [3.05, 3.63) is 42.5 Å². The van der Waals surface area contributed by atoms with Crippen molar-refractivity contribution in [2.75, 3.05) is 13.2 Å². The zero-order chi connectivity index (χ0) is 13.8. The van der Waals surface area contributed by atoms with Crippen LogP contribution in [-0.2, 0) is 0 Å². The van der Waals surface area contributed by atoms with Gasteiger partial charge in [-0.1, -0.05) is 36.8 Å². The van der Waals surface area contributed by atoms with E-state index in [0.29, 0.717) is 6.61 Å². The second kappa shape index (κ2) is 6.25. The summed E-state index contributed by atoms with van der Waals surface area (Å²) in [6.45, 7) is 1.34. The molecule has 1 heterocycles. The molecule has 1 saturated heterocycles. The Balaban J connectivity index is 1.61. The Morgan fingerprint density at radius 3 is 2.80 bits per heavy atom. The monoisotopic (exact) mass is 271 g/mol. The number of nitrogens with one attached hydrogen (secondary N) is 1. The third-order valence-corrected chi connectivity index (χ3v) is 3.95. The first kappa shape index (κ1) is 13.4. The highest BCUT2D eigenvalue weighted by Gasteiger charge is 2.21. The molecule has 3 heteroatoms. The molecule has 0 aromatic heterocycles. The van der Waals surface area contributed by atoms with Crippen molar-refractivity contribution < 1.29 is 9.84 Å². The first-order chi connectivity index (χ1) is 9.83. The Morgan fingerprint density at radius 1 is 1.15 bits per heavy atom. The van der Waals surface area contributed by atoms with Gasteiger partial charge in [0.15, 0.2) is 0 Å². The molecule has 0 radical (unpaired) electrons. The van der Waals surface area contributed by atoms with Gasteiger partial charge in [0.2, 0.25) is 0 Å². The van der Waals surface area contributed by atoms with Crippen molar-refractivity contribution in [3.8, 4) is 5.75 Å². The van der Waals surface area contributed by atoms with Crippen molar-refractivity contribution >= 4 is 10.8 Å². The van der Waals surface area contributed by atoms with E-state index in [1.165, 1.54) is 18.2 Å². The normalized spacial score (nSPS) is 20.8. The van der Waals surface area contributed by atoms with Crippen LogP contribution in [0.25, 0.3) is 10.8 Å². The van der Waals surface area contributed by atoms with E-state index in [1.54, 1.807) is 0 Å². The average Bonchev–Trinajstić information content (AvgIpc) is 2.53. The van der Waals surface area contributed by atoms with E-state index in [4.69, 9.17) is 4.74 Å². The molecule has 0 aliphatic carbocycles. The molecule has 0 unspecified atom stereocenters.